The number of carbonyl (C=O) groups excluding carboxylic acids is 1. The number of aryl methyl sites for hydroxylation is 2. The van der Waals surface area contributed by atoms with E-state index in [0.717, 1.165) is 11.1 Å². The van der Waals surface area contributed by atoms with Gasteiger partial charge in [-0.25, -0.2) is 4.68 Å². The fourth-order valence-corrected chi connectivity index (χ4v) is 1.74. The van der Waals surface area contributed by atoms with Gasteiger partial charge in [-0.15, -0.1) is 0 Å². The number of rotatable bonds is 3. The molecule has 1 aromatic carbocycles. The second-order valence-corrected chi connectivity index (χ2v) is 4.47. The maximum absolute atomic E-state index is 12.1. The van der Waals surface area contributed by atoms with Crippen molar-refractivity contribution in [3.05, 3.63) is 41.2 Å². The quantitative estimate of drug-likeness (QED) is 0.827. The van der Waals surface area contributed by atoms with E-state index in [1.165, 1.54) is 11.0 Å². The molecule has 0 spiro atoms. The molecule has 0 fully saturated rings. The van der Waals surface area contributed by atoms with Crippen molar-refractivity contribution in [2.75, 3.05) is 11.9 Å². The van der Waals surface area contributed by atoms with Crippen LogP contribution in [0.4, 0.5) is 5.95 Å². The van der Waals surface area contributed by atoms with E-state index in [0.29, 0.717) is 17.9 Å². The van der Waals surface area contributed by atoms with Gasteiger partial charge in [0.1, 0.15) is 6.33 Å². The molecule has 0 radical (unpaired) electrons. The first-order chi connectivity index (χ1) is 10.1. The number of aliphatic hydroxyl groups is 1. The molecule has 21 heavy (non-hydrogen) atoms. The summed E-state index contributed by atoms with van der Waals surface area (Å²) in [4.78, 5) is 16.1. The molecule has 0 aliphatic rings. The lowest BCUT2D eigenvalue weighted by molar-refractivity contribution is 0.102. The molecule has 0 bridgehead atoms. The summed E-state index contributed by atoms with van der Waals surface area (Å²) in [5.74, 6) is 5.98. The molecule has 2 N–H and O–H groups in total. The average molecular weight is 284 g/mol. The van der Waals surface area contributed by atoms with E-state index in [1.807, 2.05) is 6.92 Å². The van der Waals surface area contributed by atoms with E-state index < -0.39 is 0 Å². The van der Waals surface area contributed by atoms with Gasteiger partial charge in [-0.05, 0) is 30.7 Å². The molecule has 1 heterocycles. The Balaban J connectivity index is 2.15. The lowest BCUT2D eigenvalue weighted by atomic mass is 10.0. The monoisotopic (exact) mass is 284 g/mol. The Kier molecular flexibility index (Phi) is 4.69. The maximum Gasteiger partial charge on any atom is 0.258 e. The molecule has 6 nitrogen and oxygen atoms in total. The van der Waals surface area contributed by atoms with Crippen molar-refractivity contribution in [3.8, 4) is 11.8 Å². The number of benzene rings is 1. The summed E-state index contributed by atoms with van der Waals surface area (Å²) in [6.45, 7) is 1.94. The summed E-state index contributed by atoms with van der Waals surface area (Å²) in [6.07, 6.45) is 1.81. The van der Waals surface area contributed by atoms with Gasteiger partial charge in [0, 0.05) is 24.6 Å². The van der Waals surface area contributed by atoms with Crippen LogP contribution in [0.25, 0.3) is 0 Å². The van der Waals surface area contributed by atoms with E-state index in [4.69, 9.17) is 5.11 Å². The summed E-state index contributed by atoms with van der Waals surface area (Å²) in [5, 5.41) is 15.3. The number of anilines is 1. The molecule has 0 aliphatic heterocycles. The van der Waals surface area contributed by atoms with Crippen LogP contribution in [0.3, 0.4) is 0 Å². The largest absolute Gasteiger partial charge is 0.395 e. The van der Waals surface area contributed by atoms with E-state index in [2.05, 4.69) is 27.2 Å². The van der Waals surface area contributed by atoms with Gasteiger partial charge in [-0.3, -0.25) is 10.1 Å². The number of nitrogens with one attached hydrogen (secondary N) is 1. The van der Waals surface area contributed by atoms with Gasteiger partial charge in [0.15, 0.2) is 0 Å². The first kappa shape index (κ1) is 14.8. The first-order valence-electron chi connectivity index (χ1n) is 6.47. The fraction of sp³-hybridized carbons (Fsp3) is 0.267. The van der Waals surface area contributed by atoms with Crippen LogP contribution >= 0.6 is 0 Å². The second kappa shape index (κ2) is 6.68. The van der Waals surface area contributed by atoms with Crippen LogP contribution in [0.15, 0.2) is 24.5 Å². The summed E-state index contributed by atoms with van der Waals surface area (Å²) in [6, 6.07) is 5.28. The zero-order chi connectivity index (χ0) is 15.2. The highest BCUT2D eigenvalue weighted by molar-refractivity contribution is 6.03. The summed E-state index contributed by atoms with van der Waals surface area (Å²) >= 11 is 0. The van der Waals surface area contributed by atoms with Crippen LogP contribution in [0, 0.1) is 18.8 Å². The molecule has 108 valence electrons. The molecular weight excluding hydrogens is 268 g/mol. The standard InChI is InChI=1S/C15H16N4O2/c1-11-9-13(7-6-12(11)5-3-4-8-20)14(21)18-15-16-10-17-19(15)2/h6-7,9-10,20H,4,8H2,1-2H3,(H,16,17,18,21). The van der Waals surface area contributed by atoms with Crippen LogP contribution in [0.5, 0.6) is 0 Å². The minimum absolute atomic E-state index is 0.0459. The lowest BCUT2D eigenvalue weighted by Crippen LogP contribution is -2.15. The molecule has 0 atom stereocenters. The Morgan fingerprint density at radius 1 is 1.48 bits per heavy atom. The van der Waals surface area contributed by atoms with Crippen molar-refractivity contribution in [1.82, 2.24) is 14.8 Å². The zero-order valence-corrected chi connectivity index (χ0v) is 11.9. The number of hydrogen-bond donors (Lipinski definition) is 2. The number of aliphatic hydroxyl groups excluding tert-OH is 1. The van der Waals surface area contributed by atoms with Crippen LogP contribution in [0.1, 0.15) is 27.9 Å². The molecule has 1 amide bonds. The van der Waals surface area contributed by atoms with Gasteiger partial charge < -0.3 is 5.11 Å². The Bertz CT molecular complexity index is 710. The molecule has 1 aromatic heterocycles. The molecule has 0 aliphatic carbocycles. The van der Waals surface area contributed by atoms with E-state index in [-0.39, 0.29) is 12.5 Å². The van der Waals surface area contributed by atoms with Crippen LogP contribution in [-0.4, -0.2) is 32.4 Å². The molecule has 0 saturated carbocycles. The average Bonchev–Trinajstić information content (AvgIpc) is 2.86. The van der Waals surface area contributed by atoms with Gasteiger partial charge in [0.2, 0.25) is 5.95 Å². The second-order valence-electron chi connectivity index (χ2n) is 4.47. The van der Waals surface area contributed by atoms with Gasteiger partial charge in [-0.1, -0.05) is 11.8 Å². The summed E-state index contributed by atoms with van der Waals surface area (Å²) < 4.78 is 1.49. The number of carbonyl (C=O) groups is 1. The predicted octanol–water partition coefficient (Wildman–Crippen LogP) is 1.11. The van der Waals surface area contributed by atoms with Crippen molar-refractivity contribution in [3.63, 3.8) is 0 Å². The van der Waals surface area contributed by atoms with Crippen molar-refractivity contribution < 1.29 is 9.90 Å². The summed E-state index contributed by atoms with van der Waals surface area (Å²) in [5.41, 5.74) is 2.29. The number of nitrogens with zero attached hydrogens (tertiary/aromatic N) is 3. The highest BCUT2D eigenvalue weighted by Crippen LogP contribution is 2.12. The molecular formula is C15H16N4O2. The van der Waals surface area contributed by atoms with Crippen LogP contribution in [-0.2, 0) is 7.05 Å². The molecule has 2 rings (SSSR count). The number of aromatic nitrogens is 3. The summed E-state index contributed by atoms with van der Waals surface area (Å²) in [7, 11) is 1.70. The Morgan fingerprint density at radius 3 is 2.90 bits per heavy atom. The van der Waals surface area contributed by atoms with Crippen molar-refractivity contribution >= 4 is 11.9 Å². The molecule has 0 unspecified atom stereocenters. The fourth-order valence-electron chi connectivity index (χ4n) is 1.74. The van der Waals surface area contributed by atoms with Gasteiger partial charge in [-0.2, -0.15) is 10.1 Å². The van der Waals surface area contributed by atoms with Crippen molar-refractivity contribution in [1.29, 1.82) is 0 Å². The van der Waals surface area contributed by atoms with Gasteiger partial charge in [0.25, 0.3) is 5.91 Å². The van der Waals surface area contributed by atoms with Gasteiger partial charge in [0.05, 0.1) is 6.61 Å². The lowest BCUT2D eigenvalue weighted by Gasteiger charge is -2.06. The number of hydrogen-bond acceptors (Lipinski definition) is 4. The third-order valence-electron chi connectivity index (χ3n) is 2.89. The normalized spacial score (nSPS) is 9.86. The van der Waals surface area contributed by atoms with Crippen molar-refractivity contribution in [2.24, 2.45) is 7.05 Å². The minimum Gasteiger partial charge on any atom is -0.395 e. The zero-order valence-electron chi connectivity index (χ0n) is 11.9. The molecule has 2 aromatic rings. The van der Waals surface area contributed by atoms with Crippen LogP contribution in [0.2, 0.25) is 0 Å². The Labute approximate surface area is 122 Å². The third kappa shape index (κ3) is 3.68. The third-order valence-corrected chi connectivity index (χ3v) is 2.89. The topological polar surface area (TPSA) is 80.0 Å². The number of amides is 1. The SMILES string of the molecule is Cc1cc(C(=O)Nc2ncnn2C)ccc1C#CCCO. The van der Waals surface area contributed by atoms with Gasteiger partial charge >= 0.3 is 0 Å². The van der Waals surface area contributed by atoms with Crippen LogP contribution < -0.4 is 5.32 Å². The molecule has 0 saturated heterocycles. The molecule has 6 heteroatoms. The Morgan fingerprint density at radius 2 is 2.29 bits per heavy atom. The van der Waals surface area contributed by atoms with E-state index in [1.54, 1.807) is 25.2 Å². The first-order valence-corrected chi connectivity index (χ1v) is 6.47. The Hall–Kier alpha value is -2.65. The van der Waals surface area contributed by atoms with E-state index in [9.17, 15) is 4.79 Å². The smallest absolute Gasteiger partial charge is 0.258 e. The highest BCUT2D eigenvalue weighted by atomic mass is 16.2. The van der Waals surface area contributed by atoms with Crippen molar-refractivity contribution in [2.45, 2.75) is 13.3 Å². The highest BCUT2D eigenvalue weighted by Gasteiger charge is 2.10. The maximum atomic E-state index is 12.1. The van der Waals surface area contributed by atoms with E-state index >= 15 is 0 Å². The predicted molar refractivity (Wildman–Crippen MR) is 78.7 cm³/mol. The minimum atomic E-state index is -0.246.